The van der Waals surface area contributed by atoms with Crippen LogP contribution < -0.4 is 10.6 Å². The number of amides is 2. The zero-order valence-corrected chi connectivity index (χ0v) is 17.7. The third-order valence-corrected chi connectivity index (χ3v) is 4.59. The molecule has 0 spiro atoms. The summed E-state index contributed by atoms with van der Waals surface area (Å²) in [5.74, 6) is -0.769. The third-order valence-electron chi connectivity index (χ3n) is 4.59. The van der Waals surface area contributed by atoms with Gasteiger partial charge < -0.3 is 20.1 Å². The minimum atomic E-state index is -0.865. The van der Waals surface area contributed by atoms with Gasteiger partial charge in [0.1, 0.15) is 5.60 Å². The highest BCUT2D eigenvalue weighted by atomic mass is 16.6. The van der Waals surface area contributed by atoms with Crippen LogP contribution in [0.4, 0.5) is 4.79 Å². The summed E-state index contributed by atoms with van der Waals surface area (Å²) in [5.41, 5.74) is 1.83. The second kappa shape index (κ2) is 10.3. The van der Waals surface area contributed by atoms with Gasteiger partial charge in [-0.1, -0.05) is 24.3 Å². The van der Waals surface area contributed by atoms with Crippen LogP contribution in [0.1, 0.15) is 70.5 Å². The Labute approximate surface area is 172 Å². The van der Waals surface area contributed by atoms with E-state index in [9.17, 15) is 14.4 Å². The maximum Gasteiger partial charge on any atom is 0.407 e. The fourth-order valence-electron chi connectivity index (χ4n) is 3.24. The van der Waals surface area contributed by atoms with Gasteiger partial charge in [-0.25, -0.2) is 4.79 Å². The smallest absolute Gasteiger partial charge is 0.407 e. The number of nitrogens with one attached hydrogen (secondary N) is 2. The quantitative estimate of drug-likeness (QED) is 0.536. The number of benzene rings is 1. The van der Waals surface area contributed by atoms with Crippen LogP contribution in [-0.2, 0) is 25.5 Å². The van der Waals surface area contributed by atoms with Crippen LogP contribution in [0.5, 0.6) is 0 Å². The Hall–Kier alpha value is -2.57. The molecular weight excluding hydrogens is 372 g/mol. The van der Waals surface area contributed by atoms with E-state index in [0.717, 1.165) is 24.8 Å². The molecule has 0 unspecified atom stereocenters. The van der Waals surface area contributed by atoms with E-state index in [-0.39, 0.29) is 18.4 Å². The van der Waals surface area contributed by atoms with Crippen LogP contribution in [-0.4, -0.2) is 36.2 Å². The highest BCUT2D eigenvalue weighted by molar-refractivity contribution is 5.83. The summed E-state index contributed by atoms with van der Waals surface area (Å²) in [5, 5.41) is 5.58. The molecule has 7 heteroatoms. The van der Waals surface area contributed by atoms with Crippen molar-refractivity contribution in [2.75, 3.05) is 6.54 Å². The van der Waals surface area contributed by atoms with Crippen molar-refractivity contribution in [3.05, 3.63) is 35.4 Å². The SMILES string of the molecule is C[C@H](OC(=O)CCCNC(=O)OC(C)(C)C)C(=O)N[C@@H]1CCCc2ccccc21. The van der Waals surface area contributed by atoms with Crippen molar-refractivity contribution in [3.63, 3.8) is 0 Å². The number of esters is 1. The van der Waals surface area contributed by atoms with Crippen molar-refractivity contribution in [3.8, 4) is 0 Å². The summed E-state index contributed by atoms with van der Waals surface area (Å²) >= 11 is 0. The van der Waals surface area contributed by atoms with Gasteiger partial charge in [0, 0.05) is 13.0 Å². The maximum absolute atomic E-state index is 12.4. The Morgan fingerprint density at radius 1 is 1.21 bits per heavy atom. The van der Waals surface area contributed by atoms with Crippen molar-refractivity contribution in [1.82, 2.24) is 10.6 Å². The van der Waals surface area contributed by atoms with Gasteiger partial charge >= 0.3 is 12.1 Å². The molecule has 0 aliphatic heterocycles. The van der Waals surface area contributed by atoms with E-state index in [1.165, 1.54) is 5.56 Å². The number of alkyl carbamates (subject to hydrolysis) is 1. The van der Waals surface area contributed by atoms with Crippen LogP contribution in [0.25, 0.3) is 0 Å². The van der Waals surface area contributed by atoms with E-state index in [4.69, 9.17) is 9.47 Å². The molecule has 2 atom stereocenters. The summed E-state index contributed by atoms with van der Waals surface area (Å²) in [6.45, 7) is 7.21. The minimum Gasteiger partial charge on any atom is -0.453 e. The molecule has 7 nitrogen and oxygen atoms in total. The third kappa shape index (κ3) is 7.75. The molecule has 1 aromatic rings. The molecule has 160 valence electrons. The topological polar surface area (TPSA) is 93.7 Å². The van der Waals surface area contributed by atoms with E-state index >= 15 is 0 Å². The molecule has 1 aliphatic rings. The van der Waals surface area contributed by atoms with E-state index in [2.05, 4.69) is 16.7 Å². The number of carbonyl (C=O) groups is 3. The van der Waals surface area contributed by atoms with Gasteiger partial charge in [0.2, 0.25) is 0 Å². The van der Waals surface area contributed by atoms with Crippen molar-refractivity contribution in [1.29, 1.82) is 0 Å². The van der Waals surface area contributed by atoms with Crippen molar-refractivity contribution in [2.45, 2.75) is 77.5 Å². The first kappa shape index (κ1) is 22.7. The van der Waals surface area contributed by atoms with Crippen LogP contribution in [0.3, 0.4) is 0 Å². The number of carbonyl (C=O) groups excluding carboxylic acids is 3. The van der Waals surface area contributed by atoms with Gasteiger partial charge in [-0.2, -0.15) is 0 Å². The zero-order valence-electron chi connectivity index (χ0n) is 17.7. The average Bonchev–Trinajstić information content (AvgIpc) is 2.64. The first-order valence-electron chi connectivity index (χ1n) is 10.2. The van der Waals surface area contributed by atoms with Crippen molar-refractivity contribution < 1.29 is 23.9 Å². The monoisotopic (exact) mass is 404 g/mol. The lowest BCUT2D eigenvalue weighted by atomic mass is 9.87. The molecule has 0 saturated carbocycles. The summed E-state index contributed by atoms with van der Waals surface area (Å²) in [4.78, 5) is 36.0. The molecule has 29 heavy (non-hydrogen) atoms. The second-order valence-electron chi connectivity index (χ2n) is 8.32. The Morgan fingerprint density at radius 3 is 2.66 bits per heavy atom. The molecule has 0 aromatic heterocycles. The molecule has 0 radical (unpaired) electrons. The summed E-state index contributed by atoms with van der Waals surface area (Å²) in [6.07, 6.45) is 2.04. The standard InChI is InChI=1S/C22H32N2O5/c1-15(28-19(25)13-8-14-23-21(27)29-22(2,3)4)20(26)24-18-12-7-10-16-9-5-6-11-17(16)18/h5-6,9,11,15,18H,7-8,10,12-14H2,1-4H3,(H,23,27)(H,24,26)/t15-,18+/m0/s1. The van der Waals surface area contributed by atoms with Gasteiger partial charge in [-0.15, -0.1) is 0 Å². The molecule has 0 fully saturated rings. The number of ether oxygens (including phenoxy) is 2. The van der Waals surface area contributed by atoms with Gasteiger partial charge in [0.25, 0.3) is 5.91 Å². The predicted molar refractivity (Wildman–Crippen MR) is 109 cm³/mol. The van der Waals surface area contributed by atoms with Crippen LogP contribution in [0, 0.1) is 0 Å². The highest BCUT2D eigenvalue weighted by Gasteiger charge is 2.25. The Bertz CT molecular complexity index is 726. The number of rotatable bonds is 7. The van der Waals surface area contributed by atoms with E-state index in [1.807, 2.05) is 18.2 Å². The number of fused-ring (bicyclic) bond motifs is 1. The van der Waals surface area contributed by atoms with E-state index in [0.29, 0.717) is 13.0 Å². The predicted octanol–water partition coefficient (Wildman–Crippen LogP) is 3.42. The summed E-state index contributed by atoms with van der Waals surface area (Å²) in [7, 11) is 0. The Balaban J connectivity index is 1.70. The molecule has 0 bridgehead atoms. The minimum absolute atomic E-state index is 0.0494. The fourth-order valence-corrected chi connectivity index (χ4v) is 3.24. The van der Waals surface area contributed by atoms with E-state index in [1.54, 1.807) is 27.7 Å². The zero-order chi connectivity index (χ0) is 21.4. The molecule has 2 N–H and O–H groups in total. The molecule has 1 aromatic carbocycles. The first-order chi connectivity index (χ1) is 13.7. The van der Waals surface area contributed by atoms with Crippen molar-refractivity contribution in [2.24, 2.45) is 0 Å². The molecule has 0 saturated heterocycles. The lowest BCUT2D eigenvalue weighted by Crippen LogP contribution is -2.39. The van der Waals surface area contributed by atoms with Gasteiger partial charge in [0.15, 0.2) is 6.10 Å². The molecule has 1 aliphatic carbocycles. The first-order valence-corrected chi connectivity index (χ1v) is 10.2. The number of hydrogen-bond acceptors (Lipinski definition) is 5. The summed E-state index contributed by atoms with van der Waals surface area (Å²) < 4.78 is 10.4. The van der Waals surface area contributed by atoms with Gasteiger partial charge in [-0.05, 0) is 64.5 Å². The maximum atomic E-state index is 12.4. The average molecular weight is 405 g/mol. The Morgan fingerprint density at radius 2 is 1.93 bits per heavy atom. The van der Waals surface area contributed by atoms with Crippen LogP contribution >= 0.6 is 0 Å². The number of aryl methyl sites for hydroxylation is 1. The fraction of sp³-hybridized carbons (Fsp3) is 0.591. The van der Waals surface area contributed by atoms with Crippen LogP contribution in [0.2, 0.25) is 0 Å². The second-order valence-corrected chi connectivity index (χ2v) is 8.32. The lowest BCUT2D eigenvalue weighted by Gasteiger charge is -2.27. The number of hydrogen-bond donors (Lipinski definition) is 2. The van der Waals surface area contributed by atoms with E-state index < -0.39 is 23.8 Å². The molecule has 0 heterocycles. The molecule has 2 rings (SSSR count). The molecule has 2 amide bonds. The highest BCUT2D eigenvalue weighted by Crippen LogP contribution is 2.29. The summed E-state index contributed by atoms with van der Waals surface area (Å²) in [6, 6.07) is 8.05. The van der Waals surface area contributed by atoms with Gasteiger partial charge in [-0.3, -0.25) is 9.59 Å². The molecular formula is C22H32N2O5. The Kier molecular flexibility index (Phi) is 8.05. The van der Waals surface area contributed by atoms with Crippen LogP contribution in [0.15, 0.2) is 24.3 Å². The normalized spacial score (nSPS) is 16.9. The van der Waals surface area contributed by atoms with Gasteiger partial charge in [0.05, 0.1) is 6.04 Å². The largest absolute Gasteiger partial charge is 0.453 e. The van der Waals surface area contributed by atoms with Crippen molar-refractivity contribution >= 4 is 18.0 Å². The lowest BCUT2D eigenvalue weighted by molar-refractivity contribution is -0.155.